The van der Waals surface area contributed by atoms with Crippen molar-refractivity contribution in [1.29, 1.82) is 0 Å². The molecule has 0 saturated carbocycles. The molecule has 1 unspecified atom stereocenters. The minimum Gasteiger partial charge on any atom is -0.434 e. The Morgan fingerprint density at radius 3 is 2.89 bits per heavy atom. The summed E-state index contributed by atoms with van der Waals surface area (Å²) in [4.78, 5) is 2.33. The standard InChI is InChI=1S/C14H20F2N2O/c1-18-8-4-6-12(18)10-17-9-11-5-2-3-7-13(11)19-14(15)16/h2-3,5,7,12,14,17H,4,6,8-10H2,1H3. The number of halogens is 2. The van der Waals surface area contributed by atoms with Gasteiger partial charge in [-0.1, -0.05) is 18.2 Å². The predicted molar refractivity (Wildman–Crippen MR) is 70.4 cm³/mol. The van der Waals surface area contributed by atoms with E-state index in [1.54, 1.807) is 12.1 Å². The Labute approximate surface area is 112 Å². The van der Waals surface area contributed by atoms with E-state index in [0.717, 1.165) is 18.7 Å². The molecule has 0 spiro atoms. The van der Waals surface area contributed by atoms with E-state index >= 15 is 0 Å². The number of benzene rings is 1. The molecule has 1 fully saturated rings. The SMILES string of the molecule is CN1CCCC1CNCc1ccccc1OC(F)F. The summed E-state index contributed by atoms with van der Waals surface area (Å²) in [5.74, 6) is 0.254. The van der Waals surface area contributed by atoms with Gasteiger partial charge < -0.3 is 15.0 Å². The Morgan fingerprint density at radius 1 is 1.42 bits per heavy atom. The van der Waals surface area contributed by atoms with Crippen molar-refractivity contribution in [2.24, 2.45) is 0 Å². The highest BCUT2D eigenvalue weighted by atomic mass is 19.3. The summed E-state index contributed by atoms with van der Waals surface area (Å²) in [5, 5.41) is 3.32. The molecule has 1 aromatic carbocycles. The number of para-hydroxylation sites is 1. The quantitative estimate of drug-likeness (QED) is 0.859. The van der Waals surface area contributed by atoms with Gasteiger partial charge in [0.25, 0.3) is 0 Å². The average molecular weight is 270 g/mol. The van der Waals surface area contributed by atoms with Crippen molar-refractivity contribution in [1.82, 2.24) is 10.2 Å². The number of hydrogen-bond acceptors (Lipinski definition) is 3. The Hall–Kier alpha value is -1.20. The van der Waals surface area contributed by atoms with Gasteiger partial charge in [-0.2, -0.15) is 8.78 Å². The number of nitrogens with one attached hydrogen (secondary N) is 1. The first-order valence-corrected chi connectivity index (χ1v) is 6.60. The summed E-state index contributed by atoms with van der Waals surface area (Å²) < 4.78 is 29.0. The molecule has 1 aliphatic rings. The number of likely N-dealkylation sites (tertiary alicyclic amines) is 1. The maximum Gasteiger partial charge on any atom is 0.387 e. The fraction of sp³-hybridized carbons (Fsp3) is 0.571. The van der Waals surface area contributed by atoms with Crippen molar-refractivity contribution in [3.8, 4) is 5.75 Å². The largest absolute Gasteiger partial charge is 0.434 e. The van der Waals surface area contributed by atoms with Gasteiger partial charge in [-0.05, 0) is 32.5 Å². The van der Waals surface area contributed by atoms with Crippen molar-refractivity contribution in [3.63, 3.8) is 0 Å². The molecule has 5 heteroatoms. The molecule has 0 aromatic heterocycles. The summed E-state index contributed by atoms with van der Waals surface area (Å²) in [5.41, 5.74) is 0.767. The van der Waals surface area contributed by atoms with Crippen molar-refractivity contribution in [2.45, 2.75) is 32.0 Å². The first-order chi connectivity index (χ1) is 9.16. The zero-order chi connectivity index (χ0) is 13.7. The van der Waals surface area contributed by atoms with Crippen LogP contribution in [0.3, 0.4) is 0 Å². The molecule has 1 N–H and O–H groups in total. The van der Waals surface area contributed by atoms with Crippen LogP contribution in [0.2, 0.25) is 0 Å². The van der Waals surface area contributed by atoms with Crippen molar-refractivity contribution in [2.75, 3.05) is 20.1 Å². The number of alkyl halides is 2. The molecular weight excluding hydrogens is 250 g/mol. The van der Waals surface area contributed by atoms with Crippen molar-refractivity contribution < 1.29 is 13.5 Å². The van der Waals surface area contributed by atoms with Gasteiger partial charge in [-0.25, -0.2) is 0 Å². The lowest BCUT2D eigenvalue weighted by molar-refractivity contribution is -0.0505. The van der Waals surface area contributed by atoms with Gasteiger partial charge in [-0.15, -0.1) is 0 Å². The molecule has 0 radical (unpaired) electrons. The van der Waals surface area contributed by atoms with Gasteiger partial charge in [-0.3, -0.25) is 0 Å². The van der Waals surface area contributed by atoms with Crippen LogP contribution in [0, 0.1) is 0 Å². The molecule has 1 atom stereocenters. The van der Waals surface area contributed by atoms with Gasteiger partial charge in [0, 0.05) is 24.7 Å². The third-order valence-corrected chi connectivity index (χ3v) is 3.56. The number of hydrogen-bond donors (Lipinski definition) is 1. The van der Waals surface area contributed by atoms with E-state index in [4.69, 9.17) is 0 Å². The first kappa shape index (κ1) is 14.2. The zero-order valence-electron chi connectivity index (χ0n) is 11.1. The van der Waals surface area contributed by atoms with Crippen LogP contribution in [0.4, 0.5) is 8.78 Å². The van der Waals surface area contributed by atoms with E-state index in [1.807, 2.05) is 12.1 Å². The lowest BCUT2D eigenvalue weighted by Crippen LogP contribution is -2.35. The number of rotatable bonds is 6. The van der Waals surface area contributed by atoms with E-state index in [-0.39, 0.29) is 5.75 Å². The second-order valence-electron chi connectivity index (χ2n) is 4.89. The van der Waals surface area contributed by atoms with E-state index in [2.05, 4.69) is 22.0 Å². The van der Waals surface area contributed by atoms with Gasteiger partial charge in [0.05, 0.1) is 0 Å². The molecule has 1 heterocycles. The van der Waals surface area contributed by atoms with Crippen LogP contribution in [0.15, 0.2) is 24.3 Å². The molecule has 0 aliphatic carbocycles. The molecule has 106 valence electrons. The van der Waals surface area contributed by atoms with Crippen molar-refractivity contribution in [3.05, 3.63) is 29.8 Å². The van der Waals surface area contributed by atoms with E-state index in [9.17, 15) is 8.78 Å². The summed E-state index contributed by atoms with van der Waals surface area (Å²) in [6.45, 7) is -0.216. The van der Waals surface area contributed by atoms with Crippen LogP contribution in [0.5, 0.6) is 5.75 Å². The molecule has 3 nitrogen and oxygen atoms in total. The Kier molecular flexibility index (Phi) is 5.10. The topological polar surface area (TPSA) is 24.5 Å². The number of nitrogens with zero attached hydrogens (tertiary/aromatic N) is 1. The molecule has 2 rings (SSSR count). The maximum atomic E-state index is 12.3. The summed E-state index contributed by atoms with van der Waals surface area (Å²) in [6.07, 6.45) is 2.42. The lowest BCUT2D eigenvalue weighted by atomic mass is 10.2. The number of likely N-dealkylation sites (N-methyl/N-ethyl adjacent to an activating group) is 1. The highest BCUT2D eigenvalue weighted by Crippen LogP contribution is 2.20. The third kappa shape index (κ3) is 4.14. The second-order valence-corrected chi connectivity index (χ2v) is 4.89. The summed E-state index contributed by atoms with van der Waals surface area (Å²) in [7, 11) is 2.12. The van der Waals surface area contributed by atoms with Gasteiger partial charge in [0.15, 0.2) is 0 Å². The zero-order valence-corrected chi connectivity index (χ0v) is 11.1. The van der Waals surface area contributed by atoms with Crippen LogP contribution in [0.1, 0.15) is 18.4 Å². The van der Waals surface area contributed by atoms with E-state index < -0.39 is 6.61 Å². The Morgan fingerprint density at radius 2 is 2.21 bits per heavy atom. The summed E-state index contributed by atoms with van der Waals surface area (Å²) >= 11 is 0. The van der Waals surface area contributed by atoms with Gasteiger partial charge >= 0.3 is 6.61 Å². The van der Waals surface area contributed by atoms with E-state index in [0.29, 0.717) is 12.6 Å². The lowest BCUT2D eigenvalue weighted by Gasteiger charge is -2.20. The fourth-order valence-corrected chi connectivity index (χ4v) is 2.47. The van der Waals surface area contributed by atoms with Gasteiger partial charge in [0.1, 0.15) is 5.75 Å². The second kappa shape index (κ2) is 6.82. The summed E-state index contributed by atoms with van der Waals surface area (Å²) in [6, 6.07) is 7.46. The van der Waals surface area contributed by atoms with Crippen LogP contribution in [0.25, 0.3) is 0 Å². The molecule has 1 aromatic rings. The molecular formula is C14H20F2N2O. The fourth-order valence-electron chi connectivity index (χ4n) is 2.47. The minimum absolute atomic E-state index is 0.254. The van der Waals surface area contributed by atoms with Crippen molar-refractivity contribution >= 4 is 0 Å². The Bertz CT molecular complexity index is 401. The van der Waals surface area contributed by atoms with Gasteiger partial charge in [0.2, 0.25) is 0 Å². The van der Waals surface area contributed by atoms with E-state index in [1.165, 1.54) is 12.8 Å². The monoisotopic (exact) mass is 270 g/mol. The highest BCUT2D eigenvalue weighted by Gasteiger charge is 2.20. The van der Waals surface area contributed by atoms with Crippen LogP contribution in [-0.2, 0) is 6.54 Å². The van der Waals surface area contributed by atoms with Crippen LogP contribution >= 0.6 is 0 Å². The normalized spacial score (nSPS) is 20.1. The number of ether oxygens (including phenoxy) is 1. The average Bonchev–Trinajstić information content (AvgIpc) is 2.77. The highest BCUT2D eigenvalue weighted by molar-refractivity contribution is 5.33. The predicted octanol–water partition coefficient (Wildman–Crippen LogP) is 2.47. The van der Waals surface area contributed by atoms with Crippen LogP contribution in [-0.4, -0.2) is 37.7 Å². The molecule has 0 bridgehead atoms. The first-order valence-electron chi connectivity index (χ1n) is 6.60. The van der Waals surface area contributed by atoms with Crippen LogP contribution < -0.4 is 10.1 Å². The Balaban J connectivity index is 1.85. The molecule has 1 aliphatic heterocycles. The molecule has 19 heavy (non-hydrogen) atoms. The molecule has 1 saturated heterocycles. The third-order valence-electron chi connectivity index (χ3n) is 3.56. The smallest absolute Gasteiger partial charge is 0.387 e. The maximum absolute atomic E-state index is 12.3. The minimum atomic E-state index is -2.78. The molecule has 0 amide bonds.